The lowest BCUT2D eigenvalue weighted by atomic mass is 10.1. The van der Waals surface area contributed by atoms with E-state index in [4.69, 9.17) is 0 Å². The molecule has 134 valence electrons. The Morgan fingerprint density at radius 3 is 2.38 bits per heavy atom. The van der Waals surface area contributed by atoms with E-state index in [0.717, 1.165) is 31.7 Å². The van der Waals surface area contributed by atoms with Crippen molar-refractivity contribution in [2.75, 3.05) is 40.3 Å². The zero-order valence-corrected chi connectivity index (χ0v) is 15.5. The van der Waals surface area contributed by atoms with Crippen molar-refractivity contribution < 1.29 is 4.79 Å². The number of piperazine rings is 1. The van der Waals surface area contributed by atoms with E-state index in [-0.39, 0.29) is 6.03 Å². The second-order valence-electron chi connectivity index (χ2n) is 7.14. The van der Waals surface area contributed by atoms with Crippen molar-refractivity contribution in [3.8, 4) is 0 Å². The van der Waals surface area contributed by atoms with E-state index in [0.29, 0.717) is 18.6 Å². The number of rotatable bonds is 6. The minimum absolute atomic E-state index is 0.0468. The normalized spacial score (nSPS) is 22.0. The van der Waals surface area contributed by atoms with Crippen molar-refractivity contribution in [2.24, 2.45) is 0 Å². The number of hydrogen-bond donors (Lipinski definition) is 1. The van der Waals surface area contributed by atoms with Gasteiger partial charge in [-0.2, -0.15) is 0 Å². The fourth-order valence-corrected chi connectivity index (χ4v) is 3.42. The van der Waals surface area contributed by atoms with E-state index >= 15 is 0 Å². The van der Waals surface area contributed by atoms with Crippen LogP contribution in [0.5, 0.6) is 0 Å². The van der Waals surface area contributed by atoms with Gasteiger partial charge in [0.15, 0.2) is 0 Å². The third-order valence-electron chi connectivity index (χ3n) is 4.70. The first-order valence-corrected chi connectivity index (χ1v) is 8.94. The monoisotopic (exact) mass is 332 g/mol. The zero-order valence-electron chi connectivity index (χ0n) is 15.5. The van der Waals surface area contributed by atoms with Crippen molar-refractivity contribution in [1.29, 1.82) is 0 Å². The molecule has 1 aromatic rings. The summed E-state index contributed by atoms with van der Waals surface area (Å²) < 4.78 is 0. The summed E-state index contributed by atoms with van der Waals surface area (Å²) in [5, 5.41) is 3.04. The summed E-state index contributed by atoms with van der Waals surface area (Å²) in [6, 6.07) is 10.9. The van der Waals surface area contributed by atoms with E-state index in [9.17, 15) is 4.79 Å². The van der Waals surface area contributed by atoms with Crippen molar-refractivity contribution in [2.45, 2.75) is 38.9 Å². The van der Waals surface area contributed by atoms with Crippen LogP contribution >= 0.6 is 0 Å². The van der Waals surface area contributed by atoms with Gasteiger partial charge < -0.3 is 15.1 Å². The van der Waals surface area contributed by atoms with Gasteiger partial charge in [-0.15, -0.1) is 0 Å². The molecule has 1 fully saturated rings. The summed E-state index contributed by atoms with van der Waals surface area (Å²) in [5.74, 6) is 0. The Kier molecular flexibility index (Phi) is 7.06. The number of benzene rings is 1. The average molecular weight is 332 g/mol. The predicted molar refractivity (Wildman–Crippen MR) is 99.1 cm³/mol. The molecule has 0 aliphatic carbocycles. The van der Waals surface area contributed by atoms with Crippen LogP contribution < -0.4 is 5.32 Å². The molecule has 2 atom stereocenters. The maximum absolute atomic E-state index is 12.5. The van der Waals surface area contributed by atoms with Crippen LogP contribution in [0, 0.1) is 0 Å². The molecule has 0 spiro atoms. The second-order valence-corrected chi connectivity index (χ2v) is 7.14. The lowest BCUT2D eigenvalue weighted by molar-refractivity contribution is 0.0530. The number of urea groups is 1. The lowest BCUT2D eigenvalue weighted by Crippen LogP contribution is -2.59. The number of nitrogens with one attached hydrogen (secondary N) is 1. The second kappa shape index (κ2) is 9.04. The van der Waals surface area contributed by atoms with Crippen molar-refractivity contribution in [1.82, 2.24) is 20.0 Å². The summed E-state index contributed by atoms with van der Waals surface area (Å²) in [7, 11) is 4.23. The van der Waals surface area contributed by atoms with Gasteiger partial charge in [0, 0.05) is 38.3 Å². The van der Waals surface area contributed by atoms with E-state index in [2.05, 4.69) is 43.1 Å². The Morgan fingerprint density at radius 2 is 1.79 bits per heavy atom. The molecule has 1 saturated heterocycles. The van der Waals surface area contributed by atoms with Crippen LogP contribution in [0.2, 0.25) is 0 Å². The van der Waals surface area contributed by atoms with Crippen LogP contribution in [0.3, 0.4) is 0 Å². The maximum atomic E-state index is 12.5. The molecule has 1 aromatic carbocycles. The van der Waals surface area contributed by atoms with E-state index in [1.807, 2.05) is 35.2 Å². The van der Waals surface area contributed by atoms with Crippen LogP contribution in [0.1, 0.15) is 25.8 Å². The molecule has 1 aliphatic rings. The Labute approximate surface area is 146 Å². The van der Waals surface area contributed by atoms with Gasteiger partial charge in [-0.1, -0.05) is 30.3 Å². The number of carbonyl (C=O) groups is 1. The fraction of sp³-hybridized carbons (Fsp3) is 0.632. The first-order chi connectivity index (χ1) is 11.5. The van der Waals surface area contributed by atoms with Crippen LogP contribution in [0.25, 0.3) is 0 Å². The highest BCUT2D eigenvalue weighted by molar-refractivity contribution is 5.74. The molecular weight excluding hydrogens is 300 g/mol. The molecule has 24 heavy (non-hydrogen) atoms. The summed E-state index contributed by atoms with van der Waals surface area (Å²) in [5.41, 5.74) is 1.13. The Morgan fingerprint density at radius 1 is 1.17 bits per heavy atom. The van der Waals surface area contributed by atoms with Crippen LogP contribution in [-0.2, 0) is 6.54 Å². The average Bonchev–Trinajstić information content (AvgIpc) is 2.55. The smallest absolute Gasteiger partial charge is 0.317 e. The van der Waals surface area contributed by atoms with E-state index in [1.165, 1.54) is 6.42 Å². The highest BCUT2D eigenvalue weighted by atomic mass is 16.2. The summed E-state index contributed by atoms with van der Waals surface area (Å²) in [4.78, 5) is 19.2. The van der Waals surface area contributed by atoms with Gasteiger partial charge in [0.1, 0.15) is 0 Å². The molecule has 2 rings (SSSR count). The van der Waals surface area contributed by atoms with Gasteiger partial charge in [-0.25, -0.2) is 4.79 Å². The molecule has 0 aromatic heterocycles. The van der Waals surface area contributed by atoms with Crippen LogP contribution in [-0.4, -0.2) is 73.1 Å². The third kappa shape index (κ3) is 5.49. The topological polar surface area (TPSA) is 38.8 Å². The lowest BCUT2D eigenvalue weighted by Gasteiger charge is -2.44. The first kappa shape index (κ1) is 18.7. The van der Waals surface area contributed by atoms with Gasteiger partial charge in [0.25, 0.3) is 0 Å². The molecule has 0 bridgehead atoms. The predicted octanol–water partition coefficient (Wildman–Crippen LogP) is 2.24. The van der Waals surface area contributed by atoms with Crippen molar-refractivity contribution in [3.05, 3.63) is 35.9 Å². The Bertz CT molecular complexity index is 493. The number of amides is 2. The first-order valence-electron chi connectivity index (χ1n) is 8.94. The van der Waals surface area contributed by atoms with Gasteiger partial charge in [0.05, 0.1) is 0 Å². The SMILES string of the molecule is CC1CN(C(=O)NCc2ccccc2)CC(C)N1CCCN(C)C. The molecule has 5 heteroatoms. The summed E-state index contributed by atoms with van der Waals surface area (Å²) >= 11 is 0. The Hall–Kier alpha value is -1.59. The molecule has 1 heterocycles. The van der Waals surface area contributed by atoms with Crippen molar-refractivity contribution >= 4 is 6.03 Å². The number of hydrogen-bond acceptors (Lipinski definition) is 3. The molecule has 1 aliphatic heterocycles. The minimum atomic E-state index is 0.0468. The molecule has 0 saturated carbocycles. The van der Waals surface area contributed by atoms with E-state index < -0.39 is 0 Å². The standard InChI is InChI=1S/C19H32N4O/c1-16-14-22(15-17(2)23(16)12-8-11-21(3)4)19(24)20-13-18-9-6-5-7-10-18/h5-7,9-10,16-17H,8,11-15H2,1-4H3,(H,20,24). The van der Waals surface area contributed by atoms with Gasteiger partial charge >= 0.3 is 6.03 Å². The van der Waals surface area contributed by atoms with E-state index in [1.54, 1.807) is 0 Å². The molecule has 1 N–H and O–H groups in total. The highest BCUT2D eigenvalue weighted by Crippen LogP contribution is 2.16. The summed E-state index contributed by atoms with van der Waals surface area (Å²) in [6.45, 7) is 8.84. The minimum Gasteiger partial charge on any atom is -0.334 e. The van der Waals surface area contributed by atoms with Gasteiger partial charge in [-0.3, -0.25) is 4.90 Å². The van der Waals surface area contributed by atoms with Gasteiger partial charge in [0.2, 0.25) is 0 Å². The molecular formula is C19H32N4O. The molecule has 0 radical (unpaired) electrons. The number of carbonyl (C=O) groups excluding carboxylic acids is 1. The zero-order chi connectivity index (χ0) is 17.5. The molecule has 2 amide bonds. The molecule has 5 nitrogen and oxygen atoms in total. The largest absolute Gasteiger partial charge is 0.334 e. The highest BCUT2D eigenvalue weighted by Gasteiger charge is 2.31. The van der Waals surface area contributed by atoms with Gasteiger partial charge in [-0.05, 0) is 46.5 Å². The molecule has 2 unspecified atom stereocenters. The Balaban J connectivity index is 1.80. The third-order valence-corrected chi connectivity index (χ3v) is 4.70. The van der Waals surface area contributed by atoms with Crippen molar-refractivity contribution in [3.63, 3.8) is 0 Å². The quantitative estimate of drug-likeness (QED) is 0.868. The fourth-order valence-electron chi connectivity index (χ4n) is 3.42. The summed E-state index contributed by atoms with van der Waals surface area (Å²) in [6.07, 6.45) is 1.17. The maximum Gasteiger partial charge on any atom is 0.317 e. The van der Waals surface area contributed by atoms with Crippen LogP contribution in [0.4, 0.5) is 4.79 Å². The van der Waals surface area contributed by atoms with Crippen LogP contribution in [0.15, 0.2) is 30.3 Å². The number of nitrogens with zero attached hydrogens (tertiary/aromatic N) is 3.